The van der Waals surface area contributed by atoms with Gasteiger partial charge in [-0.3, -0.25) is 4.21 Å². The van der Waals surface area contributed by atoms with Gasteiger partial charge in [0.15, 0.2) is 0 Å². The van der Waals surface area contributed by atoms with Gasteiger partial charge < -0.3 is 4.74 Å². The molecule has 0 spiro atoms. The number of carbonyl (C=O) groups excluding carboxylic acids is 1. The average molecular weight is 242 g/mol. The first-order valence-corrected chi connectivity index (χ1v) is 7.14. The smallest absolute Gasteiger partial charge is 0.367 e. The third-order valence-corrected chi connectivity index (χ3v) is 5.10. The van der Waals surface area contributed by atoms with E-state index in [1.165, 1.54) is 19.6 Å². The summed E-state index contributed by atoms with van der Waals surface area (Å²) in [4.78, 5) is 14.7. The van der Waals surface area contributed by atoms with Crippen molar-refractivity contribution in [3.63, 3.8) is 0 Å². The van der Waals surface area contributed by atoms with E-state index in [9.17, 15) is 9.00 Å². The van der Waals surface area contributed by atoms with Crippen molar-refractivity contribution >= 4 is 37.1 Å². The summed E-state index contributed by atoms with van der Waals surface area (Å²) in [6, 6.07) is 0. The van der Waals surface area contributed by atoms with Gasteiger partial charge in [0.2, 0.25) is 5.01 Å². The maximum Gasteiger partial charge on any atom is 0.367 e. The monoisotopic (exact) mass is 241 g/mol. The van der Waals surface area contributed by atoms with Crippen LogP contribution in [0.5, 0.6) is 0 Å². The van der Waals surface area contributed by atoms with Crippen LogP contribution in [0, 0.1) is 0 Å². The van der Waals surface area contributed by atoms with Crippen molar-refractivity contribution in [2.45, 2.75) is 4.21 Å². The molecule has 0 saturated carbocycles. The molecule has 0 saturated heterocycles. The summed E-state index contributed by atoms with van der Waals surface area (Å²) < 4.78 is 16.2. The molecular formula is C6H8ClNO3S2. The first kappa shape index (κ1) is 10.6. The molecular weight excluding hydrogens is 234 g/mol. The van der Waals surface area contributed by atoms with E-state index in [1.54, 1.807) is 0 Å². The standard InChI is InChI=1S/C6H8ClNO3S2/c1-11-6(9)5-8-3-4(12-5)13(2,7)10/h3,13H,1-2H3. The molecule has 0 amide bonds. The SMILES string of the molecule is COC(=O)c1ncc([SH](C)(=O)Cl)s1. The molecule has 0 radical (unpaired) electrons. The highest BCUT2D eigenvalue weighted by Crippen LogP contribution is 2.26. The molecule has 1 rings (SSSR count). The zero-order valence-corrected chi connectivity index (χ0v) is 9.45. The van der Waals surface area contributed by atoms with E-state index in [2.05, 4.69) is 9.72 Å². The summed E-state index contributed by atoms with van der Waals surface area (Å²) in [5.41, 5.74) is 0. The van der Waals surface area contributed by atoms with Crippen molar-refractivity contribution in [1.29, 1.82) is 0 Å². The highest BCUT2D eigenvalue weighted by atomic mass is 35.7. The molecule has 1 heterocycles. The maximum absolute atomic E-state index is 11.3. The van der Waals surface area contributed by atoms with Crippen molar-refractivity contribution in [3.05, 3.63) is 11.2 Å². The van der Waals surface area contributed by atoms with E-state index in [1.807, 2.05) is 0 Å². The van der Waals surface area contributed by atoms with E-state index in [0.29, 0.717) is 4.21 Å². The Labute approximate surface area is 84.8 Å². The van der Waals surface area contributed by atoms with Crippen LogP contribution < -0.4 is 0 Å². The van der Waals surface area contributed by atoms with Crippen LogP contribution in [0.25, 0.3) is 0 Å². The second kappa shape index (κ2) is 3.73. The number of halogens is 1. The van der Waals surface area contributed by atoms with Crippen molar-refractivity contribution < 1.29 is 13.7 Å². The highest BCUT2D eigenvalue weighted by Gasteiger charge is 2.16. The first-order chi connectivity index (χ1) is 5.95. The lowest BCUT2D eigenvalue weighted by Crippen LogP contribution is -1.99. The maximum atomic E-state index is 11.3. The van der Waals surface area contributed by atoms with Crippen LogP contribution >= 0.6 is 22.0 Å². The summed E-state index contributed by atoms with van der Waals surface area (Å²) in [5.74, 6) is -0.540. The van der Waals surface area contributed by atoms with E-state index >= 15 is 0 Å². The van der Waals surface area contributed by atoms with Gasteiger partial charge in [0.25, 0.3) is 0 Å². The number of thiol groups is 1. The van der Waals surface area contributed by atoms with E-state index in [0.717, 1.165) is 11.3 Å². The Balaban J connectivity index is 3.00. The Morgan fingerprint density at radius 3 is 2.77 bits per heavy atom. The minimum absolute atomic E-state index is 0.167. The summed E-state index contributed by atoms with van der Waals surface area (Å²) in [5, 5.41) is 0.167. The summed E-state index contributed by atoms with van der Waals surface area (Å²) >= 11 is 0.992. The topological polar surface area (TPSA) is 56.3 Å². The molecule has 1 aromatic rings. The normalized spacial score (nSPS) is 12.5. The third kappa shape index (κ3) is 2.49. The van der Waals surface area contributed by atoms with Gasteiger partial charge >= 0.3 is 5.97 Å². The lowest BCUT2D eigenvalue weighted by Gasteiger charge is -2.02. The minimum atomic E-state index is -2.83. The fourth-order valence-electron chi connectivity index (χ4n) is 0.632. The van der Waals surface area contributed by atoms with Crippen molar-refractivity contribution in [2.75, 3.05) is 13.4 Å². The van der Waals surface area contributed by atoms with Gasteiger partial charge in [-0.2, -0.15) is 0 Å². The minimum Gasteiger partial charge on any atom is -0.464 e. The number of rotatable bonds is 2. The van der Waals surface area contributed by atoms with Crippen molar-refractivity contribution in [2.24, 2.45) is 0 Å². The number of ether oxygens (including phenoxy) is 1. The fraction of sp³-hybridized carbons (Fsp3) is 0.333. The molecule has 0 fully saturated rings. The van der Waals surface area contributed by atoms with Crippen molar-refractivity contribution in [3.8, 4) is 0 Å². The quantitative estimate of drug-likeness (QED) is 0.479. The molecule has 74 valence electrons. The van der Waals surface area contributed by atoms with Crippen molar-refractivity contribution in [1.82, 2.24) is 4.98 Å². The zero-order chi connectivity index (χ0) is 10.1. The number of aromatic nitrogens is 1. The number of hydrogen-bond acceptors (Lipinski definition) is 5. The van der Waals surface area contributed by atoms with Crippen LogP contribution in [-0.4, -0.2) is 28.5 Å². The Morgan fingerprint density at radius 2 is 2.38 bits per heavy atom. The van der Waals surface area contributed by atoms with Gasteiger partial charge in [0.05, 0.1) is 13.3 Å². The molecule has 13 heavy (non-hydrogen) atoms. The number of nitrogens with zero attached hydrogens (tertiary/aromatic N) is 1. The first-order valence-electron chi connectivity index (χ1n) is 3.27. The third-order valence-electron chi connectivity index (χ3n) is 1.25. The van der Waals surface area contributed by atoms with Gasteiger partial charge in [-0.25, -0.2) is 9.78 Å². The largest absolute Gasteiger partial charge is 0.464 e. The lowest BCUT2D eigenvalue weighted by molar-refractivity contribution is 0.0600. The molecule has 0 aliphatic heterocycles. The summed E-state index contributed by atoms with van der Waals surface area (Å²) in [6.07, 6.45) is 2.74. The Kier molecular flexibility index (Phi) is 3.05. The summed E-state index contributed by atoms with van der Waals surface area (Å²) in [7, 11) is 4.03. The van der Waals surface area contributed by atoms with E-state index in [4.69, 9.17) is 10.7 Å². The predicted octanol–water partition coefficient (Wildman–Crippen LogP) is 1.09. The van der Waals surface area contributed by atoms with Gasteiger partial charge in [-0.05, 0) is 19.8 Å². The number of thiazole rings is 1. The van der Waals surface area contributed by atoms with Gasteiger partial charge in [-0.15, -0.1) is 0 Å². The Hall–Kier alpha value is -0.460. The number of methoxy groups -OCH3 is 1. The Bertz CT molecular complexity index is 370. The molecule has 0 unspecified atom stereocenters. The second-order valence-electron chi connectivity index (χ2n) is 2.32. The molecule has 7 heteroatoms. The average Bonchev–Trinajstić information content (AvgIpc) is 2.50. The number of carbonyl (C=O) groups is 1. The predicted molar refractivity (Wildman–Crippen MR) is 53.0 cm³/mol. The molecule has 0 aliphatic rings. The number of hydrogen-bond donors (Lipinski definition) is 1. The lowest BCUT2D eigenvalue weighted by atomic mass is 10.7. The zero-order valence-electron chi connectivity index (χ0n) is 6.98. The van der Waals surface area contributed by atoms with E-state index < -0.39 is 15.1 Å². The Morgan fingerprint density at radius 1 is 1.77 bits per heavy atom. The number of esters is 1. The van der Waals surface area contributed by atoms with Crippen LogP contribution in [0.4, 0.5) is 0 Å². The molecule has 0 N–H and O–H groups in total. The molecule has 0 aromatic carbocycles. The molecule has 0 bridgehead atoms. The van der Waals surface area contributed by atoms with Gasteiger partial charge in [-0.1, -0.05) is 11.3 Å². The van der Waals surface area contributed by atoms with Gasteiger partial charge in [0.1, 0.15) is 4.21 Å². The van der Waals surface area contributed by atoms with Crippen LogP contribution in [0.1, 0.15) is 9.80 Å². The van der Waals surface area contributed by atoms with E-state index in [-0.39, 0.29) is 5.01 Å². The molecule has 0 atom stereocenters. The van der Waals surface area contributed by atoms with Crippen LogP contribution in [0.15, 0.2) is 10.4 Å². The van der Waals surface area contributed by atoms with Crippen LogP contribution in [0.2, 0.25) is 0 Å². The van der Waals surface area contributed by atoms with Gasteiger partial charge in [0, 0.05) is 6.26 Å². The fourth-order valence-corrected chi connectivity index (χ4v) is 2.82. The second-order valence-corrected chi connectivity index (χ2v) is 7.71. The molecule has 0 aliphatic carbocycles. The van der Waals surface area contributed by atoms with Crippen LogP contribution in [-0.2, 0) is 13.9 Å². The highest BCUT2D eigenvalue weighted by molar-refractivity contribution is 8.24. The van der Waals surface area contributed by atoms with Crippen LogP contribution in [0.3, 0.4) is 0 Å². The molecule has 1 aromatic heterocycles. The summed E-state index contributed by atoms with van der Waals surface area (Å²) in [6.45, 7) is 0. The molecule has 4 nitrogen and oxygen atoms in total.